The molecule has 0 aliphatic heterocycles. The summed E-state index contributed by atoms with van der Waals surface area (Å²) in [5, 5.41) is 37.1. The Hall–Kier alpha value is -0.750. The van der Waals surface area contributed by atoms with Crippen LogP contribution in [0.1, 0.15) is 13.3 Å². The number of aliphatic hydroxyl groups is 4. The van der Waals surface area contributed by atoms with Crippen LogP contribution in [-0.2, 0) is 4.79 Å². The molecule has 4 atom stereocenters. The van der Waals surface area contributed by atoms with Gasteiger partial charge >= 0.3 is 0 Å². The second kappa shape index (κ2) is 5.21. The second-order valence-corrected chi connectivity index (χ2v) is 3.41. The van der Waals surface area contributed by atoms with Gasteiger partial charge in [-0.25, -0.2) is 0 Å². The number of carbonyl (C=O) groups excluding carboxylic acids is 1. The molecule has 5 heteroatoms. The van der Waals surface area contributed by atoms with Crippen LogP contribution in [0.2, 0.25) is 0 Å². The predicted molar refractivity (Wildman–Crippen MR) is 49.5 cm³/mol. The van der Waals surface area contributed by atoms with Gasteiger partial charge in [0.1, 0.15) is 18.3 Å². The van der Waals surface area contributed by atoms with Crippen LogP contribution in [0.25, 0.3) is 0 Å². The molecule has 0 radical (unpaired) electrons. The van der Waals surface area contributed by atoms with Crippen LogP contribution in [0.3, 0.4) is 0 Å². The van der Waals surface area contributed by atoms with E-state index in [9.17, 15) is 20.1 Å². The highest BCUT2D eigenvalue weighted by molar-refractivity contribution is 5.56. The van der Waals surface area contributed by atoms with Crippen molar-refractivity contribution in [2.24, 2.45) is 0 Å². The number of hydrogen-bond acceptors (Lipinski definition) is 5. The highest BCUT2D eigenvalue weighted by atomic mass is 16.4. The second-order valence-electron chi connectivity index (χ2n) is 3.41. The molecule has 0 aliphatic carbocycles. The first-order chi connectivity index (χ1) is 6.36. The molecule has 0 aromatic rings. The van der Waals surface area contributed by atoms with Gasteiger partial charge in [-0.2, -0.15) is 0 Å². The third-order valence-corrected chi connectivity index (χ3v) is 2.01. The molecule has 0 saturated carbocycles. The standard InChI is InChI=1S/C9H16O5/c1-3-4-9(2,14)8(13)7(12)6(11)5-10/h3,5-8,11-14H,1,4H2,2H3/t6-,7-,8+,9+/m1/s1. The van der Waals surface area contributed by atoms with Crippen molar-refractivity contribution in [1.29, 1.82) is 0 Å². The fourth-order valence-electron chi connectivity index (χ4n) is 1.05. The van der Waals surface area contributed by atoms with E-state index in [2.05, 4.69) is 6.58 Å². The quantitative estimate of drug-likeness (QED) is 0.315. The maximum atomic E-state index is 10.1. The van der Waals surface area contributed by atoms with E-state index in [4.69, 9.17) is 5.11 Å². The van der Waals surface area contributed by atoms with Crippen LogP contribution in [-0.4, -0.2) is 50.6 Å². The summed E-state index contributed by atoms with van der Waals surface area (Å²) in [4.78, 5) is 10.1. The van der Waals surface area contributed by atoms with Gasteiger partial charge < -0.3 is 25.2 Å². The van der Waals surface area contributed by atoms with Crippen LogP contribution in [0.4, 0.5) is 0 Å². The average molecular weight is 204 g/mol. The Morgan fingerprint density at radius 1 is 1.43 bits per heavy atom. The molecule has 82 valence electrons. The molecule has 4 N–H and O–H groups in total. The molecule has 0 rings (SSSR count). The highest BCUT2D eigenvalue weighted by Crippen LogP contribution is 2.19. The van der Waals surface area contributed by atoms with Crippen molar-refractivity contribution in [2.75, 3.05) is 0 Å². The van der Waals surface area contributed by atoms with Crippen LogP contribution in [0.15, 0.2) is 12.7 Å². The fraction of sp³-hybridized carbons (Fsp3) is 0.667. The van der Waals surface area contributed by atoms with Crippen LogP contribution in [0, 0.1) is 0 Å². The molecule has 0 aromatic heterocycles. The Bertz CT molecular complexity index is 201. The Morgan fingerprint density at radius 2 is 1.93 bits per heavy atom. The summed E-state index contributed by atoms with van der Waals surface area (Å²) in [6.07, 6.45) is -3.53. The van der Waals surface area contributed by atoms with Crippen molar-refractivity contribution in [2.45, 2.75) is 37.3 Å². The fourth-order valence-corrected chi connectivity index (χ4v) is 1.05. The first kappa shape index (κ1) is 13.2. The van der Waals surface area contributed by atoms with Gasteiger partial charge in [0.2, 0.25) is 0 Å². The number of aldehydes is 1. The molecule has 0 spiro atoms. The van der Waals surface area contributed by atoms with Crippen molar-refractivity contribution >= 4 is 6.29 Å². The van der Waals surface area contributed by atoms with Crippen molar-refractivity contribution < 1.29 is 25.2 Å². The molecule has 0 aromatic carbocycles. The highest BCUT2D eigenvalue weighted by Gasteiger charge is 2.37. The minimum atomic E-state index is -1.71. The lowest BCUT2D eigenvalue weighted by Crippen LogP contribution is -2.51. The molecule has 5 nitrogen and oxygen atoms in total. The zero-order chi connectivity index (χ0) is 11.4. The average Bonchev–Trinajstić information content (AvgIpc) is 2.14. The maximum Gasteiger partial charge on any atom is 0.151 e. The molecule has 0 saturated heterocycles. The summed E-state index contributed by atoms with van der Waals surface area (Å²) >= 11 is 0. The molecule has 0 fully saturated rings. The third kappa shape index (κ3) is 3.19. The van der Waals surface area contributed by atoms with Gasteiger partial charge in [0.25, 0.3) is 0 Å². The van der Waals surface area contributed by atoms with E-state index in [0.717, 1.165) is 0 Å². The third-order valence-electron chi connectivity index (χ3n) is 2.01. The van der Waals surface area contributed by atoms with Crippen molar-refractivity contribution in [3.05, 3.63) is 12.7 Å². The summed E-state index contributed by atoms with van der Waals surface area (Å²) in [5.41, 5.74) is -1.62. The zero-order valence-electron chi connectivity index (χ0n) is 8.00. The van der Waals surface area contributed by atoms with Gasteiger partial charge in [-0.3, -0.25) is 0 Å². The van der Waals surface area contributed by atoms with Crippen LogP contribution >= 0.6 is 0 Å². The first-order valence-corrected chi connectivity index (χ1v) is 4.19. The SMILES string of the molecule is C=CC[C@](C)(O)[C@@H](O)[C@H](O)[C@H](O)C=O. The monoisotopic (exact) mass is 204 g/mol. The van der Waals surface area contributed by atoms with E-state index < -0.39 is 23.9 Å². The minimum absolute atomic E-state index is 0.0385. The van der Waals surface area contributed by atoms with Gasteiger partial charge in [0.05, 0.1) is 5.60 Å². The van der Waals surface area contributed by atoms with E-state index in [1.165, 1.54) is 13.0 Å². The molecular weight excluding hydrogens is 188 g/mol. The van der Waals surface area contributed by atoms with Gasteiger partial charge in [0.15, 0.2) is 6.29 Å². The molecule has 0 unspecified atom stereocenters. The molecular formula is C9H16O5. The van der Waals surface area contributed by atoms with E-state index in [1.807, 2.05) is 0 Å². The lowest BCUT2D eigenvalue weighted by molar-refractivity contribution is -0.150. The molecule has 14 heavy (non-hydrogen) atoms. The van der Waals surface area contributed by atoms with E-state index in [1.54, 1.807) is 0 Å². The van der Waals surface area contributed by atoms with Crippen molar-refractivity contribution in [3.8, 4) is 0 Å². The van der Waals surface area contributed by atoms with Gasteiger partial charge in [-0.1, -0.05) is 6.08 Å². The summed E-state index contributed by atoms with van der Waals surface area (Å²) < 4.78 is 0. The summed E-state index contributed by atoms with van der Waals surface area (Å²) in [7, 11) is 0. The zero-order valence-corrected chi connectivity index (χ0v) is 8.00. The van der Waals surface area contributed by atoms with Gasteiger partial charge in [-0.15, -0.1) is 6.58 Å². The Labute approximate surface area is 82.3 Å². The normalized spacial score (nSPS) is 21.8. The van der Waals surface area contributed by atoms with E-state index in [0.29, 0.717) is 0 Å². The van der Waals surface area contributed by atoms with Crippen LogP contribution < -0.4 is 0 Å². The number of rotatable bonds is 6. The maximum absolute atomic E-state index is 10.1. The molecule has 0 heterocycles. The topological polar surface area (TPSA) is 98.0 Å². The first-order valence-electron chi connectivity index (χ1n) is 4.19. The van der Waals surface area contributed by atoms with E-state index in [-0.39, 0.29) is 12.7 Å². The number of hydrogen-bond donors (Lipinski definition) is 4. The summed E-state index contributed by atoms with van der Waals surface area (Å²) in [5.74, 6) is 0. The lowest BCUT2D eigenvalue weighted by Gasteiger charge is -2.32. The summed E-state index contributed by atoms with van der Waals surface area (Å²) in [6, 6.07) is 0. The Morgan fingerprint density at radius 3 is 2.29 bits per heavy atom. The van der Waals surface area contributed by atoms with Crippen molar-refractivity contribution in [1.82, 2.24) is 0 Å². The lowest BCUT2D eigenvalue weighted by atomic mass is 9.89. The minimum Gasteiger partial charge on any atom is -0.387 e. The van der Waals surface area contributed by atoms with Gasteiger partial charge in [-0.05, 0) is 13.3 Å². The van der Waals surface area contributed by atoms with Crippen molar-refractivity contribution in [3.63, 3.8) is 0 Å². The number of aliphatic hydroxyl groups excluding tert-OH is 3. The van der Waals surface area contributed by atoms with Gasteiger partial charge in [0, 0.05) is 0 Å². The molecule has 0 aliphatic rings. The van der Waals surface area contributed by atoms with Crippen LogP contribution in [0.5, 0.6) is 0 Å². The molecule has 0 bridgehead atoms. The Balaban J connectivity index is 4.50. The predicted octanol–water partition coefficient (Wildman–Crippen LogP) is -1.40. The smallest absolute Gasteiger partial charge is 0.151 e. The summed E-state index contributed by atoms with van der Waals surface area (Å²) in [6.45, 7) is 4.65. The Kier molecular flexibility index (Phi) is 4.93. The van der Waals surface area contributed by atoms with E-state index >= 15 is 0 Å². The molecule has 0 amide bonds. The largest absolute Gasteiger partial charge is 0.387 e. The number of carbonyl (C=O) groups is 1.